The highest BCUT2D eigenvalue weighted by Crippen LogP contribution is 2.11. The van der Waals surface area contributed by atoms with Crippen molar-refractivity contribution in [3.63, 3.8) is 0 Å². The predicted molar refractivity (Wildman–Crippen MR) is 82.2 cm³/mol. The van der Waals surface area contributed by atoms with E-state index in [0.29, 0.717) is 12.1 Å². The molecule has 1 atom stereocenters. The molecule has 0 spiro atoms. The Balaban J connectivity index is 2.33. The summed E-state index contributed by atoms with van der Waals surface area (Å²) in [6.07, 6.45) is 6.24. The molecule has 1 unspecified atom stereocenters. The quantitative estimate of drug-likeness (QED) is 0.694. The van der Waals surface area contributed by atoms with Crippen molar-refractivity contribution in [2.45, 2.75) is 59.2 Å². The average Bonchev–Trinajstić information content (AvgIpc) is 2.41. The van der Waals surface area contributed by atoms with Crippen LogP contribution in [-0.2, 0) is 6.54 Å². The number of aromatic nitrogens is 1. The fraction of sp³-hybridized carbons (Fsp3) is 0.688. The molecule has 108 valence electrons. The van der Waals surface area contributed by atoms with E-state index in [0.717, 1.165) is 19.6 Å². The van der Waals surface area contributed by atoms with Gasteiger partial charge in [-0.15, -0.1) is 0 Å². The third kappa shape index (κ3) is 6.69. The van der Waals surface area contributed by atoms with Crippen molar-refractivity contribution in [1.29, 1.82) is 0 Å². The lowest BCUT2D eigenvalue weighted by Crippen LogP contribution is -2.33. The van der Waals surface area contributed by atoms with Gasteiger partial charge in [-0.2, -0.15) is 0 Å². The summed E-state index contributed by atoms with van der Waals surface area (Å²) < 4.78 is 0. The fourth-order valence-electron chi connectivity index (χ4n) is 2.27. The normalized spacial score (nSPS) is 13.2. The highest BCUT2D eigenvalue weighted by molar-refractivity contribution is 5.09. The van der Waals surface area contributed by atoms with Crippen LogP contribution in [0.15, 0.2) is 24.5 Å². The van der Waals surface area contributed by atoms with Crippen molar-refractivity contribution in [3.05, 3.63) is 30.1 Å². The molecule has 1 aromatic rings. The van der Waals surface area contributed by atoms with E-state index in [1.54, 1.807) is 0 Å². The second-order valence-corrected chi connectivity index (χ2v) is 5.52. The standard InChI is InChI=1S/C16H29N3/c1-5-19(13-16-8-11-17-12-9-16)15(4)7-6-10-18-14(2)3/h8-9,11-12,14-15,18H,5-7,10,13H2,1-4H3. The molecule has 0 aliphatic carbocycles. The van der Waals surface area contributed by atoms with E-state index in [1.165, 1.54) is 18.4 Å². The van der Waals surface area contributed by atoms with Crippen molar-refractivity contribution in [3.8, 4) is 0 Å². The van der Waals surface area contributed by atoms with Gasteiger partial charge in [0.2, 0.25) is 0 Å². The van der Waals surface area contributed by atoms with Crippen LogP contribution >= 0.6 is 0 Å². The Hall–Kier alpha value is -0.930. The van der Waals surface area contributed by atoms with Crippen LogP contribution in [0.1, 0.15) is 46.1 Å². The smallest absolute Gasteiger partial charge is 0.0271 e. The van der Waals surface area contributed by atoms with Crippen molar-refractivity contribution >= 4 is 0 Å². The third-order valence-corrected chi connectivity index (χ3v) is 3.52. The summed E-state index contributed by atoms with van der Waals surface area (Å²) >= 11 is 0. The maximum atomic E-state index is 4.07. The molecule has 3 nitrogen and oxygen atoms in total. The Bertz CT molecular complexity index is 324. The van der Waals surface area contributed by atoms with E-state index in [1.807, 2.05) is 12.4 Å². The van der Waals surface area contributed by atoms with E-state index in [-0.39, 0.29) is 0 Å². The fourth-order valence-corrected chi connectivity index (χ4v) is 2.27. The minimum absolute atomic E-state index is 0.592. The number of rotatable bonds is 9. The van der Waals surface area contributed by atoms with Gasteiger partial charge in [-0.1, -0.05) is 20.8 Å². The molecule has 0 saturated carbocycles. The van der Waals surface area contributed by atoms with Gasteiger partial charge in [0.15, 0.2) is 0 Å². The minimum atomic E-state index is 0.592. The molecular weight excluding hydrogens is 234 g/mol. The third-order valence-electron chi connectivity index (χ3n) is 3.52. The number of nitrogens with zero attached hydrogens (tertiary/aromatic N) is 2. The molecule has 1 aromatic heterocycles. The van der Waals surface area contributed by atoms with Crippen molar-refractivity contribution in [2.24, 2.45) is 0 Å². The molecule has 0 aliphatic heterocycles. The Labute approximate surface area is 118 Å². The molecule has 0 radical (unpaired) electrons. The van der Waals surface area contributed by atoms with Gasteiger partial charge in [-0.3, -0.25) is 9.88 Å². The number of hydrogen-bond donors (Lipinski definition) is 1. The maximum absolute atomic E-state index is 4.07. The monoisotopic (exact) mass is 263 g/mol. The SMILES string of the molecule is CCN(Cc1ccncc1)C(C)CCCNC(C)C. The predicted octanol–water partition coefficient (Wildman–Crippen LogP) is 3.07. The lowest BCUT2D eigenvalue weighted by Gasteiger charge is -2.28. The summed E-state index contributed by atoms with van der Waals surface area (Å²) in [4.78, 5) is 6.61. The van der Waals surface area contributed by atoms with E-state index < -0.39 is 0 Å². The number of pyridine rings is 1. The number of nitrogens with one attached hydrogen (secondary N) is 1. The summed E-state index contributed by atoms with van der Waals surface area (Å²) in [6.45, 7) is 12.2. The van der Waals surface area contributed by atoms with Gasteiger partial charge in [0, 0.05) is 31.0 Å². The zero-order valence-electron chi connectivity index (χ0n) is 12.9. The highest BCUT2D eigenvalue weighted by atomic mass is 15.1. The molecule has 3 heteroatoms. The van der Waals surface area contributed by atoms with E-state index in [9.17, 15) is 0 Å². The van der Waals surface area contributed by atoms with E-state index >= 15 is 0 Å². The zero-order valence-corrected chi connectivity index (χ0v) is 12.9. The summed E-state index contributed by atoms with van der Waals surface area (Å²) in [5.41, 5.74) is 1.35. The zero-order chi connectivity index (χ0) is 14.1. The van der Waals surface area contributed by atoms with Gasteiger partial charge < -0.3 is 5.32 Å². The van der Waals surface area contributed by atoms with Crippen LogP contribution in [0.25, 0.3) is 0 Å². The first-order valence-electron chi connectivity index (χ1n) is 7.49. The summed E-state index contributed by atoms with van der Waals surface area (Å²) in [6, 6.07) is 5.44. The van der Waals surface area contributed by atoms with Crippen molar-refractivity contribution in [1.82, 2.24) is 15.2 Å². The second kappa shape index (κ2) is 9.05. The molecule has 1 N–H and O–H groups in total. The first kappa shape index (κ1) is 16.1. The number of hydrogen-bond acceptors (Lipinski definition) is 3. The average molecular weight is 263 g/mol. The van der Waals surface area contributed by atoms with Crippen molar-refractivity contribution in [2.75, 3.05) is 13.1 Å². The molecule has 0 amide bonds. The van der Waals surface area contributed by atoms with Crippen LogP contribution in [0, 0.1) is 0 Å². The molecule has 19 heavy (non-hydrogen) atoms. The van der Waals surface area contributed by atoms with Crippen LogP contribution in [0.2, 0.25) is 0 Å². The Morgan fingerprint density at radius 1 is 1.21 bits per heavy atom. The van der Waals surface area contributed by atoms with E-state index in [4.69, 9.17) is 0 Å². The van der Waals surface area contributed by atoms with Crippen molar-refractivity contribution < 1.29 is 0 Å². The maximum Gasteiger partial charge on any atom is 0.0271 e. The Kier molecular flexibility index (Phi) is 7.68. The molecule has 0 saturated heterocycles. The highest BCUT2D eigenvalue weighted by Gasteiger charge is 2.12. The van der Waals surface area contributed by atoms with E-state index in [2.05, 4.69) is 55.0 Å². The Morgan fingerprint density at radius 3 is 2.47 bits per heavy atom. The molecule has 0 fully saturated rings. The van der Waals surface area contributed by atoms with Crippen LogP contribution < -0.4 is 5.32 Å². The largest absolute Gasteiger partial charge is 0.315 e. The van der Waals surface area contributed by atoms with Gasteiger partial charge in [0.1, 0.15) is 0 Å². The Morgan fingerprint density at radius 2 is 1.89 bits per heavy atom. The summed E-state index contributed by atoms with van der Waals surface area (Å²) in [7, 11) is 0. The molecule has 0 bridgehead atoms. The van der Waals surface area contributed by atoms with Gasteiger partial charge >= 0.3 is 0 Å². The first-order valence-corrected chi connectivity index (χ1v) is 7.49. The van der Waals surface area contributed by atoms with Crippen LogP contribution in [0.3, 0.4) is 0 Å². The van der Waals surface area contributed by atoms with Gasteiger partial charge in [-0.05, 0) is 50.6 Å². The van der Waals surface area contributed by atoms with Gasteiger partial charge in [-0.25, -0.2) is 0 Å². The lowest BCUT2D eigenvalue weighted by molar-refractivity contribution is 0.198. The molecular formula is C16H29N3. The topological polar surface area (TPSA) is 28.2 Å². The minimum Gasteiger partial charge on any atom is -0.315 e. The molecule has 0 aliphatic rings. The van der Waals surface area contributed by atoms with Gasteiger partial charge in [0.05, 0.1) is 0 Å². The van der Waals surface area contributed by atoms with Gasteiger partial charge in [0.25, 0.3) is 0 Å². The van der Waals surface area contributed by atoms with Crippen LogP contribution in [0.4, 0.5) is 0 Å². The second-order valence-electron chi connectivity index (χ2n) is 5.52. The summed E-state index contributed by atoms with van der Waals surface area (Å²) in [5, 5.41) is 3.48. The molecule has 1 rings (SSSR count). The first-order chi connectivity index (χ1) is 9.13. The van der Waals surface area contributed by atoms with Crippen LogP contribution in [-0.4, -0.2) is 35.1 Å². The molecule has 1 heterocycles. The summed E-state index contributed by atoms with van der Waals surface area (Å²) in [5.74, 6) is 0. The lowest BCUT2D eigenvalue weighted by atomic mass is 10.1. The molecule has 0 aromatic carbocycles. The van der Waals surface area contributed by atoms with Crippen LogP contribution in [0.5, 0.6) is 0 Å².